The minimum Gasteiger partial charge on any atom is -0.507 e. The topological polar surface area (TPSA) is 105 Å². The molecule has 0 radical (unpaired) electrons. The maximum absolute atomic E-state index is 12.5. The maximum atomic E-state index is 12.5. The van der Waals surface area contributed by atoms with Crippen molar-refractivity contribution in [2.75, 3.05) is 13.7 Å². The van der Waals surface area contributed by atoms with Gasteiger partial charge in [-0.1, -0.05) is 37.8 Å². The van der Waals surface area contributed by atoms with Gasteiger partial charge in [0.1, 0.15) is 17.2 Å². The molecule has 4 aromatic rings. The highest BCUT2D eigenvalue weighted by molar-refractivity contribution is 9.11. The number of aliphatic carboxylic acids is 1. The van der Waals surface area contributed by atoms with E-state index in [-0.39, 0.29) is 25.2 Å². The van der Waals surface area contributed by atoms with Crippen molar-refractivity contribution >= 4 is 43.7 Å². The summed E-state index contributed by atoms with van der Waals surface area (Å²) >= 11 is 8.76. The first-order chi connectivity index (χ1) is 19.2. The van der Waals surface area contributed by atoms with Crippen molar-refractivity contribution in [1.82, 2.24) is 5.32 Å². The van der Waals surface area contributed by atoms with Crippen LogP contribution in [0.2, 0.25) is 0 Å². The molecule has 4 aromatic carbocycles. The van der Waals surface area contributed by atoms with E-state index < -0.39 is 11.9 Å². The van der Waals surface area contributed by atoms with E-state index in [2.05, 4.69) is 37.2 Å². The van der Waals surface area contributed by atoms with Crippen LogP contribution in [0.5, 0.6) is 23.0 Å². The van der Waals surface area contributed by atoms with Gasteiger partial charge in [0.05, 0.1) is 28.0 Å². The highest BCUT2D eigenvalue weighted by Crippen LogP contribution is 2.38. The van der Waals surface area contributed by atoms with E-state index in [1.807, 2.05) is 77.2 Å². The van der Waals surface area contributed by atoms with Gasteiger partial charge in [-0.15, -0.1) is 0 Å². The van der Waals surface area contributed by atoms with E-state index in [0.29, 0.717) is 39.0 Å². The minimum atomic E-state index is -0.936. The quantitative estimate of drug-likeness (QED) is 0.221. The van der Waals surface area contributed by atoms with Gasteiger partial charge in [-0.2, -0.15) is 0 Å². The number of aromatic hydroxyl groups is 1. The van der Waals surface area contributed by atoms with E-state index in [1.165, 1.54) is 15.7 Å². The van der Waals surface area contributed by atoms with E-state index in [4.69, 9.17) is 14.6 Å². The van der Waals surface area contributed by atoms with Gasteiger partial charge in [0, 0.05) is 6.54 Å². The number of phenolic OH excluding ortho intramolecular Hbond substituents is 1. The molecule has 3 N–H and O–H groups in total. The van der Waals surface area contributed by atoms with Gasteiger partial charge in [-0.3, -0.25) is 9.59 Å². The number of carboxylic acids is 1. The largest absolute Gasteiger partial charge is 0.507 e. The third-order valence-corrected chi connectivity index (χ3v) is 7.40. The van der Waals surface area contributed by atoms with Crippen molar-refractivity contribution in [3.8, 4) is 23.0 Å². The molecule has 1 amide bonds. The minimum absolute atomic E-state index is 0. The maximum Gasteiger partial charge on any atom is 0.307 e. The van der Waals surface area contributed by atoms with Crippen molar-refractivity contribution in [1.29, 1.82) is 0 Å². The Balaban J connectivity index is 0.000000501. The Morgan fingerprint density at radius 1 is 0.878 bits per heavy atom. The van der Waals surface area contributed by atoms with Crippen LogP contribution < -0.4 is 37.4 Å². The Kier molecular flexibility index (Phi) is 14.1. The first-order valence-corrected chi connectivity index (χ1v) is 14.7. The van der Waals surface area contributed by atoms with Gasteiger partial charge in [0.15, 0.2) is 9.32 Å². The van der Waals surface area contributed by atoms with Crippen molar-refractivity contribution in [2.45, 2.75) is 20.3 Å². The molecule has 0 atom stereocenters. The zero-order chi connectivity index (χ0) is 29.1. The van der Waals surface area contributed by atoms with E-state index >= 15 is 0 Å². The third-order valence-electron chi connectivity index (χ3n) is 5.45. The number of carbonyl (C=O) groups excluding carboxylic acids is 1. The lowest BCUT2D eigenvalue weighted by atomic mass is 10.1. The Labute approximate surface area is 270 Å². The van der Waals surface area contributed by atoms with Gasteiger partial charge >= 0.3 is 5.97 Å². The number of benzene rings is 4. The normalized spacial score (nSPS) is 9.95. The van der Waals surface area contributed by atoms with Crippen LogP contribution in [0.4, 0.5) is 0 Å². The summed E-state index contributed by atoms with van der Waals surface area (Å²) in [6.45, 7) is 0.426. The number of hydrogen-bond donors (Lipinski definition) is 3. The molecule has 0 spiro atoms. The molecule has 216 valence electrons. The number of nitrogens with one attached hydrogen (secondary N) is 1. The molecule has 0 aliphatic rings. The standard InChI is InChI=1S/C23H19Br2NO5.C7H8IO.CH4/c24-18-10-15(12-21(28)29)11-19(25)22(18)31-16-6-7-20(27)17(13-16)23(30)26-9-8-14-4-2-1-3-5-14;1-9-7-4-2-6(8)3-5-7;/h1-7,10-11,13,27H,8-9,12H2,(H,26,30)(H,28,29);2-5,8H,1H3;1H4/q;+1;. The second kappa shape index (κ2) is 17.0. The Morgan fingerprint density at radius 3 is 2.07 bits per heavy atom. The molecule has 0 aromatic heterocycles. The zero-order valence-corrected chi connectivity index (χ0v) is 26.9. The molecule has 0 fully saturated rings. The Hall–Kier alpha value is -3.09. The average Bonchev–Trinajstić information content (AvgIpc) is 2.92. The molecule has 0 saturated heterocycles. The molecule has 0 heterocycles. The highest BCUT2D eigenvalue weighted by Gasteiger charge is 2.16. The smallest absolute Gasteiger partial charge is 0.307 e. The lowest BCUT2D eigenvalue weighted by Gasteiger charge is -2.13. The molecular weight excluding hydrogens is 769 g/mol. The molecule has 0 aliphatic carbocycles. The van der Waals surface area contributed by atoms with Crippen molar-refractivity contribution in [2.24, 2.45) is 0 Å². The predicted octanol–water partition coefficient (Wildman–Crippen LogP) is 4.10. The summed E-state index contributed by atoms with van der Waals surface area (Å²) in [6.07, 6.45) is 0.552. The van der Waals surface area contributed by atoms with Gasteiger partial charge in [0.25, 0.3) is 28.5 Å². The van der Waals surface area contributed by atoms with Crippen LogP contribution in [-0.4, -0.2) is 35.7 Å². The average molecular weight is 800 g/mol. The van der Waals surface area contributed by atoms with E-state index in [0.717, 1.165) is 11.3 Å². The monoisotopic (exact) mass is 798 g/mol. The predicted molar refractivity (Wildman–Crippen MR) is 164 cm³/mol. The second-order valence-corrected chi connectivity index (χ2v) is 11.5. The fourth-order valence-electron chi connectivity index (χ4n) is 3.50. The van der Waals surface area contributed by atoms with Crippen LogP contribution in [0.1, 0.15) is 28.9 Å². The SMILES string of the molecule is C.COc1ccc([IH+])cc1.O=C(O)Cc1cc(Br)c(Oc2ccc(O)c(C(=O)NCCc3ccccc3)c2)c(Br)c1. The molecule has 0 bridgehead atoms. The van der Waals surface area contributed by atoms with Crippen molar-refractivity contribution in [3.05, 3.63) is 114 Å². The van der Waals surface area contributed by atoms with Crippen LogP contribution in [0, 0.1) is 3.57 Å². The fraction of sp³-hybridized carbons (Fsp3) is 0.161. The summed E-state index contributed by atoms with van der Waals surface area (Å²) in [5, 5.41) is 21.9. The first-order valence-electron chi connectivity index (χ1n) is 12.0. The third kappa shape index (κ3) is 11.0. The van der Waals surface area contributed by atoms with Gasteiger partial charge in [0.2, 0.25) is 0 Å². The molecule has 0 unspecified atom stereocenters. The van der Waals surface area contributed by atoms with Crippen LogP contribution in [0.25, 0.3) is 0 Å². The van der Waals surface area contributed by atoms with Crippen molar-refractivity contribution < 1.29 is 51.9 Å². The number of rotatable bonds is 9. The Bertz CT molecular complexity index is 1430. The van der Waals surface area contributed by atoms with Crippen LogP contribution in [0.15, 0.2) is 93.9 Å². The zero-order valence-electron chi connectivity index (χ0n) is 21.4. The van der Waals surface area contributed by atoms with Crippen LogP contribution in [-0.2, 0) is 17.6 Å². The summed E-state index contributed by atoms with van der Waals surface area (Å²) in [6, 6.07) is 25.5. The summed E-state index contributed by atoms with van der Waals surface area (Å²) < 4.78 is 13.2. The number of hydrogen-bond acceptors (Lipinski definition) is 5. The molecule has 41 heavy (non-hydrogen) atoms. The first kappa shape index (κ1) is 34.1. The summed E-state index contributed by atoms with van der Waals surface area (Å²) in [4.78, 5) is 23.5. The summed E-state index contributed by atoms with van der Waals surface area (Å²) in [7, 11) is 1.67. The number of methoxy groups -OCH3 is 1. The van der Waals surface area contributed by atoms with E-state index in [1.54, 1.807) is 25.3 Å². The van der Waals surface area contributed by atoms with Crippen LogP contribution >= 0.6 is 31.9 Å². The lowest BCUT2D eigenvalue weighted by Crippen LogP contribution is -3.34. The molecule has 0 aliphatic heterocycles. The van der Waals surface area contributed by atoms with Gasteiger partial charge in [-0.25, -0.2) is 0 Å². The number of carboxylic acid groups (broad SMARTS) is 1. The fourth-order valence-corrected chi connectivity index (χ4v) is 5.33. The van der Waals surface area contributed by atoms with Gasteiger partial charge < -0.3 is 25.0 Å². The number of carbonyl (C=O) groups is 2. The molecule has 4 rings (SSSR count). The van der Waals surface area contributed by atoms with Crippen molar-refractivity contribution in [3.63, 3.8) is 0 Å². The summed E-state index contributed by atoms with van der Waals surface area (Å²) in [5.74, 6) is 0.193. The second-order valence-electron chi connectivity index (χ2n) is 8.41. The highest BCUT2D eigenvalue weighted by atomic mass is 127. The molecule has 10 heteroatoms. The van der Waals surface area contributed by atoms with Gasteiger partial charge in [-0.05, 0) is 104 Å². The number of phenols is 1. The number of ether oxygens (including phenoxy) is 2. The molecule has 0 saturated carbocycles. The lowest BCUT2D eigenvalue weighted by molar-refractivity contribution is -0.328. The number of halogens is 3. The van der Waals surface area contributed by atoms with E-state index in [9.17, 15) is 14.7 Å². The Morgan fingerprint density at radius 2 is 1.49 bits per heavy atom. The number of amides is 1. The molecule has 7 nitrogen and oxygen atoms in total. The summed E-state index contributed by atoms with van der Waals surface area (Å²) in [5.41, 5.74) is 1.80. The van der Waals surface area contributed by atoms with Crippen LogP contribution in [0.3, 0.4) is 0 Å². The molecular formula is C31H31Br2INO6+.